The first kappa shape index (κ1) is 12.5. The van der Waals surface area contributed by atoms with Crippen molar-refractivity contribution in [2.75, 3.05) is 17.6 Å². The van der Waals surface area contributed by atoms with Crippen LogP contribution in [-0.4, -0.2) is 6.54 Å². The van der Waals surface area contributed by atoms with Crippen molar-refractivity contribution in [3.8, 4) is 0 Å². The van der Waals surface area contributed by atoms with E-state index in [1.807, 2.05) is 22.6 Å². The third kappa shape index (κ3) is 3.85. The molecule has 0 bridgehead atoms. The predicted molar refractivity (Wildman–Crippen MR) is 71.5 cm³/mol. The molecule has 0 saturated heterocycles. The molecule has 1 aromatic carbocycles. The fraction of sp³-hybridized carbons (Fsp3) is 0.455. The van der Waals surface area contributed by atoms with E-state index in [2.05, 4.69) is 19.2 Å². The number of hydrogen-bond donors (Lipinski definition) is 2. The van der Waals surface area contributed by atoms with Gasteiger partial charge >= 0.3 is 0 Å². The van der Waals surface area contributed by atoms with Crippen LogP contribution in [-0.2, 0) is 0 Å². The Labute approximate surface area is 104 Å². The number of rotatable bonds is 4. The van der Waals surface area contributed by atoms with Crippen LogP contribution in [0.3, 0.4) is 0 Å². The summed E-state index contributed by atoms with van der Waals surface area (Å²) in [7, 11) is 0. The second-order valence-electron chi connectivity index (χ2n) is 3.96. The van der Waals surface area contributed by atoms with Gasteiger partial charge in [0.1, 0.15) is 5.82 Å². The van der Waals surface area contributed by atoms with Crippen LogP contribution >= 0.6 is 22.6 Å². The number of nitrogens with two attached hydrogens (primary N) is 1. The van der Waals surface area contributed by atoms with Crippen molar-refractivity contribution in [2.24, 2.45) is 5.92 Å². The monoisotopic (exact) mass is 322 g/mol. The third-order valence-corrected chi connectivity index (χ3v) is 2.96. The van der Waals surface area contributed by atoms with Crippen molar-refractivity contribution in [2.45, 2.75) is 20.3 Å². The second-order valence-corrected chi connectivity index (χ2v) is 5.13. The summed E-state index contributed by atoms with van der Waals surface area (Å²) in [4.78, 5) is 0. The number of nitrogen functional groups attached to an aromatic ring is 1. The summed E-state index contributed by atoms with van der Waals surface area (Å²) >= 11 is 1.93. The van der Waals surface area contributed by atoms with Crippen molar-refractivity contribution in [1.29, 1.82) is 0 Å². The molecular weight excluding hydrogens is 306 g/mol. The minimum Gasteiger partial charge on any atom is -0.397 e. The topological polar surface area (TPSA) is 38.0 Å². The first-order chi connectivity index (χ1) is 7.00. The number of halogens is 2. The lowest BCUT2D eigenvalue weighted by Gasteiger charge is -2.11. The molecule has 0 aromatic heterocycles. The van der Waals surface area contributed by atoms with E-state index in [-0.39, 0.29) is 5.82 Å². The van der Waals surface area contributed by atoms with Crippen molar-refractivity contribution < 1.29 is 4.39 Å². The molecule has 4 heteroatoms. The zero-order valence-electron chi connectivity index (χ0n) is 8.98. The van der Waals surface area contributed by atoms with Crippen LogP contribution in [0.2, 0.25) is 0 Å². The highest BCUT2D eigenvalue weighted by molar-refractivity contribution is 14.1. The molecule has 0 atom stereocenters. The maximum Gasteiger partial charge on any atom is 0.138 e. The van der Waals surface area contributed by atoms with Crippen LogP contribution in [0.25, 0.3) is 0 Å². The summed E-state index contributed by atoms with van der Waals surface area (Å²) in [6.07, 6.45) is 1.05. The molecule has 84 valence electrons. The van der Waals surface area contributed by atoms with Gasteiger partial charge in [-0.2, -0.15) is 0 Å². The standard InChI is InChI=1S/C11H16FIN2/c1-7(2)3-4-15-11-5-8(12)9(13)6-10(11)14/h5-7,15H,3-4,14H2,1-2H3. The maximum absolute atomic E-state index is 13.2. The Balaban J connectivity index is 2.65. The third-order valence-electron chi connectivity index (χ3n) is 2.13. The van der Waals surface area contributed by atoms with E-state index in [1.54, 1.807) is 6.07 Å². The number of hydrogen-bond acceptors (Lipinski definition) is 2. The molecule has 0 aliphatic carbocycles. The lowest BCUT2D eigenvalue weighted by molar-refractivity contribution is 0.605. The van der Waals surface area contributed by atoms with Gasteiger partial charge in [0.15, 0.2) is 0 Å². The van der Waals surface area contributed by atoms with Gasteiger partial charge in [0.25, 0.3) is 0 Å². The van der Waals surface area contributed by atoms with Gasteiger partial charge in [0.05, 0.1) is 14.9 Å². The van der Waals surface area contributed by atoms with Gasteiger partial charge in [-0.05, 0) is 41.0 Å². The molecule has 0 spiro atoms. The molecule has 1 rings (SSSR count). The molecule has 0 fully saturated rings. The summed E-state index contributed by atoms with van der Waals surface area (Å²) in [5.41, 5.74) is 7.06. The molecule has 1 aromatic rings. The smallest absolute Gasteiger partial charge is 0.138 e. The average molecular weight is 322 g/mol. The molecule has 0 radical (unpaired) electrons. The van der Waals surface area contributed by atoms with Crippen LogP contribution in [0.1, 0.15) is 20.3 Å². The van der Waals surface area contributed by atoms with Gasteiger partial charge in [-0.3, -0.25) is 0 Å². The van der Waals surface area contributed by atoms with Gasteiger partial charge in [-0.15, -0.1) is 0 Å². The molecule has 0 saturated carbocycles. The van der Waals surface area contributed by atoms with E-state index in [4.69, 9.17) is 5.73 Å². The minimum atomic E-state index is -0.225. The fourth-order valence-corrected chi connectivity index (χ4v) is 1.70. The van der Waals surface area contributed by atoms with Crippen LogP contribution in [0.5, 0.6) is 0 Å². The quantitative estimate of drug-likeness (QED) is 0.658. The average Bonchev–Trinajstić information content (AvgIpc) is 2.13. The van der Waals surface area contributed by atoms with E-state index >= 15 is 0 Å². The van der Waals surface area contributed by atoms with E-state index < -0.39 is 0 Å². The van der Waals surface area contributed by atoms with Crippen molar-refractivity contribution in [3.05, 3.63) is 21.5 Å². The van der Waals surface area contributed by atoms with E-state index in [0.717, 1.165) is 13.0 Å². The van der Waals surface area contributed by atoms with Crippen molar-refractivity contribution >= 4 is 34.0 Å². The summed E-state index contributed by atoms with van der Waals surface area (Å²) in [6, 6.07) is 3.10. The Morgan fingerprint density at radius 1 is 1.47 bits per heavy atom. The predicted octanol–water partition coefficient (Wildman–Crippen LogP) is 3.47. The van der Waals surface area contributed by atoms with E-state index in [0.29, 0.717) is 20.9 Å². The molecule has 0 aliphatic rings. The zero-order valence-corrected chi connectivity index (χ0v) is 11.1. The summed E-state index contributed by atoms with van der Waals surface area (Å²) in [6.45, 7) is 5.13. The molecule has 3 N–H and O–H groups in total. The van der Waals surface area contributed by atoms with Gasteiger partial charge in [-0.25, -0.2) is 4.39 Å². The van der Waals surface area contributed by atoms with E-state index in [1.165, 1.54) is 6.07 Å². The largest absolute Gasteiger partial charge is 0.397 e. The number of anilines is 2. The van der Waals surface area contributed by atoms with Gasteiger partial charge < -0.3 is 11.1 Å². The fourth-order valence-electron chi connectivity index (χ4n) is 1.21. The van der Waals surface area contributed by atoms with Crippen LogP contribution in [0.4, 0.5) is 15.8 Å². The summed E-state index contributed by atoms with van der Waals surface area (Å²) in [5, 5.41) is 3.14. The molecule has 0 heterocycles. The van der Waals surface area contributed by atoms with Gasteiger partial charge in [-0.1, -0.05) is 13.8 Å². The Bertz CT molecular complexity index is 340. The Morgan fingerprint density at radius 2 is 2.13 bits per heavy atom. The van der Waals surface area contributed by atoms with Gasteiger partial charge in [0, 0.05) is 12.6 Å². The SMILES string of the molecule is CC(C)CCNc1cc(F)c(I)cc1N. The molecular formula is C11H16FIN2. The molecule has 2 nitrogen and oxygen atoms in total. The highest BCUT2D eigenvalue weighted by atomic mass is 127. The lowest BCUT2D eigenvalue weighted by Crippen LogP contribution is -2.07. The summed E-state index contributed by atoms with van der Waals surface area (Å²) < 4.78 is 13.8. The highest BCUT2D eigenvalue weighted by Crippen LogP contribution is 2.24. The van der Waals surface area contributed by atoms with E-state index in [9.17, 15) is 4.39 Å². The summed E-state index contributed by atoms with van der Waals surface area (Å²) in [5.74, 6) is 0.407. The van der Waals surface area contributed by atoms with Crippen molar-refractivity contribution in [1.82, 2.24) is 0 Å². The molecule has 0 aliphatic heterocycles. The molecule has 15 heavy (non-hydrogen) atoms. The maximum atomic E-state index is 13.2. The van der Waals surface area contributed by atoms with Crippen LogP contribution in [0.15, 0.2) is 12.1 Å². The lowest BCUT2D eigenvalue weighted by atomic mass is 10.1. The van der Waals surface area contributed by atoms with Crippen LogP contribution in [0, 0.1) is 15.3 Å². The van der Waals surface area contributed by atoms with Crippen LogP contribution < -0.4 is 11.1 Å². The molecule has 0 unspecified atom stereocenters. The second kappa shape index (κ2) is 5.53. The first-order valence-corrected chi connectivity index (χ1v) is 6.07. The normalized spacial score (nSPS) is 10.7. The number of nitrogens with one attached hydrogen (secondary N) is 1. The van der Waals surface area contributed by atoms with Gasteiger partial charge in [0.2, 0.25) is 0 Å². The Kier molecular flexibility index (Phi) is 4.63. The minimum absolute atomic E-state index is 0.225. The first-order valence-electron chi connectivity index (χ1n) is 4.99. The molecule has 0 amide bonds. The zero-order chi connectivity index (χ0) is 11.4. The number of benzene rings is 1. The van der Waals surface area contributed by atoms with Crippen molar-refractivity contribution in [3.63, 3.8) is 0 Å². The Hall–Kier alpha value is -0.520. The Morgan fingerprint density at radius 3 is 2.73 bits per heavy atom. The highest BCUT2D eigenvalue weighted by Gasteiger charge is 2.05.